The van der Waals surface area contributed by atoms with Crippen LogP contribution in [-0.2, 0) is 17.6 Å². The molecular weight excluding hydrogens is 253 g/mol. The van der Waals surface area contributed by atoms with Gasteiger partial charge >= 0.3 is 0 Å². The summed E-state index contributed by atoms with van der Waals surface area (Å²) in [6, 6.07) is 7.77. The van der Waals surface area contributed by atoms with Crippen LogP contribution in [0.5, 0.6) is 0 Å². The normalized spacial score (nSPS) is 10.3. The molecule has 0 radical (unpaired) electrons. The van der Waals surface area contributed by atoms with Gasteiger partial charge in [0, 0.05) is 30.3 Å². The SMILES string of the molecule is O=C(Cc1ccncc1)Cc1cc(Cl)ccc1F. The largest absolute Gasteiger partial charge is 0.299 e. The number of Topliss-reactive ketones (excluding diaryl/α,β-unsaturated/α-hetero) is 1. The summed E-state index contributed by atoms with van der Waals surface area (Å²) in [5, 5.41) is 0.433. The molecule has 1 heterocycles. The van der Waals surface area contributed by atoms with E-state index in [-0.39, 0.29) is 18.6 Å². The summed E-state index contributed by atoms with van der Waals surface area (Å²) in [5.74, 6) is -0.454. The Morgan fingerprint density at radius 2 is 1.89 bits per heavy atom. The van der Waals surface area contributed by atoms with E-state index in [1.807, 2.05) is 0 Å². The smallest absolute Gasteiger partial charge is 0.141 e. The average molecular weight is 264 g/mol. The third-order valence-electron chi connectivity index (χ3n) is 2.55. The maximum Gasteiger partial charge on any atom is 0.141 e. The van der Waals surface area contributed by atoms with Gasteiger partial charge in [-0.25, -0.2) is 4.39 Å². The molecule has 0 unspecified atom stereocenters. The Hall–Kier alpha value is -1.74. The van der Waals surface area contributed by atoms with Gasteiger partial charge in [-0.2, -0.15) is 0 Å². The molecule has 18 heavy (non-hydrogen) atoms. The number of benzene rings is 1. The average Bonchev–Trinajstić information content (AvgIpc) is 2.35. The van der Waals surface area contributed by atoms with Crippen LogP contribution >= 0.6 is 11.6 Å². The third-order valence-corrected chi connectivity index (χ3v) is 2.78. The molecule has 0 saturated carbocycles. The first-order valence-corrected chi connectivity index (χ1v) is 5.87. The fraction of sp³-hybridized carbons (Fsp3) is 0.143. The van der Waals surface area contributed by atoms with E-state index in [1.54, 1.807) is 24.5 Å². The Balaban J connectivity index is 2.05. The summed E-state index contributed by atoms with van der Waals surface area (Å²) in [7, 11) is 0. The van der Waals surface area contributed by atoms with Gasteiger partial charge in [0.25, 0.3) is 0 Å². The van der Waals surface area contributed by atoms with Crippen LogP contribution in [0.15, 0.2) is 42.7 Å². The first-order chi connectivity index (χ1) is 8.65. The van der Waals surface area contributed by atoms with Gasteiger partial charge < -0.3 is 0 Å². The zero-order valence-corrected chi connectivity index (χ0v) is 10.3. The van der Waals surface area contributed by atoms with E-state index in [2.05, 4.69) is 4.98 Å². The predicted molar refractivity (Wildman–Crippen MR) is 68.1 cm³/mol. The molecule has 4 heteroatoms. The second kappa shape index (κ2) is 5.74. The number of nitrogens with zero attached hydrogens (tertiary/aromatic N) is 1. The molecule has 0 saturated heterocycles. The van der Waals surface area contributed by atoms with Crippen molar-refractivity contribution in [1.29, 1.82) is 0 Å². The monoisotopic (exact) mass is 263 g/mol. The third kappa shape index (κ3) is 3.37. The Morgan fingerprint density at radius 1 is 1.17 bits per heavy atom. The topological polar surface area (TPSA) is 30.0 Å². The van der Waals surface area contributed by atoms with Crippen LogP contribution in [-0.4, -0.2) is 10.8 Å². The van der Waals surface area contributed by atoms with Gasteiger partial charge in [0.2, 0.25) is 0 Å². The molecule has 1 aromatic heterocycles. The number of halogens is 2. The van der Waals surface area contributed by atoms with Crippen molar-refractivity contribution >= 4 is 17.4 Å². The Labute approximate surface area is 109 Å². The van der Waals surface area contributed by atoms with E-state index < -0.39 is 5.82 Å². The van der Waals surface area contributed by atoms with Crippen molar-refractivity contribution in [3.63, 3.8) is 0 Å². The summed E-state index contributed by atoms with van der Waals surface area (Å²) < 4.78 is 13.4. The Morgan fingerprint density at radius 3 is 2.61 bits per heavy atom. The van der Waals surface area contributed by atoms with E-state index >= 15 is 0 Å². The van der Waals surface area contributed by atoms with Crippen molar-refractivity contribution in [1.82, 2.24) is 4.98 Å². The van der Waals surface area contributed by atoms with E-state index in [4.69, 9.17) is 11.6 Å². The van der Waals surface area contributed by atoms with Gasteiger partial charge in [0.15, 0.2) is 0 Å². The molecule has 2 rings (SSSR count). The Kier molecular flexibility index (Phi) is 4.05. The number of aromatic nitrogens is 1. The van der Waals surface area contributed by atoms with Crippen molar-refractivity contribution in [3.05, 3.63) is 64.7 Å². The summed E-state index contributed by atoms with van der Waals surface area (Å²) in [4.78, 5) is 15.7. The molecule has 92 valence electrons. The van der Waals surface area contributed by atoms with Crippen LogP contribution in [0.1, 0.15) is 11.1 Å². The van der Waals surface area contributed by atoms with Crippen LogP contribution in [0, 0.1) is 5.82 Å². The van der Waals surface area contributed by atoms with E-state index in [0.29, 0.717) is 10.6 Å². The maximum atomic E-state index is 13.4. The molecule has 0 aliphatic carbocycles. The van der Waals surface area contributed by atoms with E-state index in [9.17, 15) is 9.18 Å². The molecule has 0 spiro atoms. The summed E-state index contributed by atoms with van der Waals surface area (Å²) in [6.07, 6.45) is 3.58. The lowest BCUT2D eigenvalue weighted by molar-refractivity contribution is -0.117. The van der Waals surface area contributed by atoms with Crippen molar-refractivity contribution in [2.75, 3.05) is 0 Å². The van der Waals surface area contributed by atoms with Gasteiger partial charge in [0.1, 0.15) is 11.6 Å². The van der Waals surface area contributed by atoms with E-state index in [1.165, 1.54) is 18.2 Å². The molecule has 0 amide bonds. The predicted octanol–water partition coefficient (Wildman–Crippen LogP) is 3.23. The van der Waals surface area contributed by atoms with Crippen LogP contribution < -0.4 is 0 Å². The minimum Gasteiger partial charge on any atom is -0.299 e. The van der Waals surface area contributed by atoms with Gasteiger partial charge in [-0.1, -0.05) is 11.6 Å². The highest BCUT2D eigenvalue weighted by molar-refractivity contribution is 6.30. The maximum absolute atomic E-state index is 13.4. The van der Waals surface area contributed by atoms with Crippen molar-refractivity contribution in [3.8, 4) is 0 Å². The number of rotatable bonds is 4. The van der Waals surface area contributed by atoms with Crippen LogP contribution in [0.25, 0.3) is 0 Å². The van der Waals surface area contributed by atoms with Crippen molar-refractivity contribution < 1.29 is 9.18 Å². The van der Waals surface area contributed by atoms with Gasteiger partial charge in [-0.15, -0.1) is 0 Å². The van der Waals surface area contributed by atoms with Crippen molar-refractivity contribution in [2.24, 2.45) is 0 Å². The highest BCUT2D eigenvalue weighted by atomic mass is 35.5. The standard InChI is InChI=1S/C14H11ClFNO/c15-12-1-2-14(16)11(8-12)9-13(18)7-10-3-5-17-6-4-10/h1-6,8H,7,9H2. The molecule has 1 aromatic carbocycles. The molecule has 0 aliphatic rings. The molecule has 2 aromatic rings. The van der Waals surface area contributed by atoms with E-state index in [0.717, 1.165) is 5.56 Å². The fourth-order valence-corrected chi connectivity index (χ4v) is 1.88. The minimum atomic E-state index is -0.400. The lowest BCUT2D eigenvalue weighted by atomic mass is 10.0. The summed E-state index contributed by atoms with van der Waals surface area (Å²) in [6.45, 7) is 0. The number of pyridine rings is 1. The van der Waals surface area contributed by atoms with Crippen LogP contribution in [0.3, 0.4) is 0 Å². The summed E-state index contributed by atoms with van der Waals surface area (Å²) >= 11 is 5.77. The highest BCUT2D eigenvalue weighted by Crippen LogP contribution is 2.16. The zero-order valence-electron chi connectivity index (χ0n) is 9.57. The summed E-state index contributed by atoms with van der Waals surface area (Å²) in [5.41, 5.74) is 1.21. The lowest BCUT2D eigenvalue weighted by Gasteiger charge is -2.03. The molecule has 0 fully saturated rings. The molecule has 0 N–H and O–H groups in total. The molecular formula is C14H11ClFNO. The number of hydrogen-bond acceptors (Lipinski definition) is 2. The van der Waals surface area contributed by atoms with Gasteiger partial charge in [-0.05, 0) is 41.5 Å². The van der Waals surface area contributed by atoms with Gasteiger partial charge in [0.05, 0.1) is 0 Å². The number of carbonyl (C=O) groups excluding carboxylic acids is 1. The first kappa shape index (κ1) is 12.7. The first-order valence-electron chi connectivity index (χ1n) is 5.49. The minimum absolute atomic E-state index is 0.0503. The molecule has 0 bridgehead atoms. The molecule has 0 atom stereocenters. The van der Waals surface area contributed by atoms with Gasteiger partial charge in [-0.3, -0.25) is 9.78 Å². The van der Waals surface area contributed by atoms with Crippen LogP contribution in [0.4, 0.5) is 4.39 Å². The quantitative estimate of drug-likeness (QED) is 0.848. The highest BCUT2D eigenvalue weighted by Gasteiger charge is 2.09. The second-order valence-electron chi connectivity index (χ2n) is 3.98. The number of hydrogen-bond donors (Lipinski definition) is 0. The number of ketones is 1. The van der Waals surface area contributed by atoms with Crippen LogP contribution in [0.2, 0.25) is 5.02 Å². The Bertz CT molecular complexity index is 557. The zero-order chi connectivity index (χ0) is 13.0. The molecule has 0 aliphatic heterocycles. The number of carbonyl (C=O) groups is 1. The van der Waals surface area contributed by atoms with Crippen molar-refractivity contribution in [2.45, 2.75) is 12.8 Å². The fourth-order valence-electron chi connectivity index (χ4n) is 1.68. The molecule has 2 nitrogen and oxygen atoms in total. The lowest BCUT2D eigenvalue weighted by Crippen LogP contribution is -2.08. The second-order valence-corrected chi connectivity index (χ2v) is 4.42.